The van der Waals surface area contributed by atoms with Crippen LogP contribution in [0.25, 0.3) is 22.4 Å². The normalized spacial score (nSPS) is 11.4. The molecule has 2 heterocycles. The van der Waals surface area contributed by atoms with E-state index in [9.17, 15) is 13.6 Å². The Hall–Kier alpha value is -3.62. The van der Waals surface area contributed by atoms with Crippen LogP contribution in [-0.2, 0) is 11.2 Å². The summed E-state index contributed by atoms with van der Waals surface area (Å²) < 4.78 is 32.7. The Kier molecular flexibility index (Phi) is 5.75. The quantitative estimate of drug-likeness (QED) is 0.435. The first-order chi connectivity index (χ1) is 14.9. The van der Waals surface area contributed by atoms with Crippen molar-refractivity contribution in [3.63, 3.8) is 0 Å². The van der Waals surface area contributed by atoms with Crippen LogP contribution in [0.15, 0.2) is 40.9 Å². The lowest BCUT2D eigenvalue weighted by molar-refractivity contribution is -0.116. The van der Waals surface area contributed by atoms with Crippen molar-refractivity contribution in [2.75, 3.05) is 5.32 Å². The minimum absolute atomic E-state index is 0.0448. The van der Waals surface area contributed by atoms with Gasteiger partial charge in [-0.3, -0.25) is 4.79 Å². The van der Waals surface area contributed by atoms with Crippen LogP contribution >= 0.6 is 0 Å². The molecule has 9 heteroatoms. The number of nitrogens with one attached hydrogen (secondary N) is 2. The van der Waals surface area contributed by atoms with Crippen LogP contribution in [0.2, 0.25) is 0 Å². The van der Waals surface area contributed by atoms with Gasteiger partial charge in [-0.05, 0) is 42.8 Å². The van der Waals surface area contributed by atoms with Crippen LogP contribution in [0.5, 0.6) is 0 Å². The molecule has 2 N–H and O–H groups in total. The van der Waals surface area contributed by atoms with Crippen molar-refractivity contribution in [2.45, 2.75) is 39.0 Å². The first kappa shape index (κ1) is 20.6. The number of hydrogen-bond acceptors (Lipinski definition) is 5. The molecule has 0 atom stereocenters. The summed E-state index contributed by atoms with van der Waals surface area (Å²) in [5, 5.41) is 6.73. The van der Waals surface area contributed by atoms with E-state index in [1.807, 2.05) is 13.8 Å². The SMILES string of the molecule is CC(C)c1noc(CCCC(=O)Nc2ccc3nc(-c4cc(F)ccc4F)[nH]c3c2)n1. The molecule has 0 aliphatic rings. The highest BCUT2D eigenvalue weighted by Gasteiger charge is 2.13. The molecule has 2 aromatic heterocycles. The Morgan fingerprint density at radius 1 is 1.16 bits per heavy atom. The number of anilines is 1. The Balaban J connectivity index is 1.39. The van der Waals surface area contributed by atoms with E-state index in [2.05, 4.69) is 25.4 Å². The predicted molar refractivity (Wildman–Crippen MR) is 111 cm³/mol. The summed E-state index contributed by atoms with van der Waals surface area (Å²) in [7, 11) is 0. The lowest BCUT2D eigenvalue weighted by atomic mass is 10.2. The number of aromatic nitrogens is 4. The Morgan fingerprint density at radius 3 is 2.77 bits per heavy atom. The molecule has 0 saturated heterocycles. The van der Waals surface area contributed by atoms with Gasteiger partial charge in [0.2, 0.25) is 11.8 Å². The molecule has 31 heavy (non-hydrogen) atoms. The maximum absolute atomic E-state index is 14.0. The first-order valence-corrected chi connectivity index (χ1v) is 9.96. The molecule has 0 saturated carbocycles. The zero-order valence-corrected chi connectivity index (χ0v) is 17.1. The number of hydrogen-bond donors (Lipinski definition) is 2. The number of rotatable bonds is 7. The summed E-state index contributed by atoms with van der Waals surface area (Å²) >= 11 is 0. The van der Waals surface area contributed by atoms with Crippen LogP contribution in [0.3, 0.4) is 0 Å². The number of amides is 1. The van der Waals surface area contributed by atoms with Crippen molar-refractivity contribution < 1.29 is 18.1 Å². The molecule has 4 rings (SSSR count). The standard InChI is InChI=1S/C22H21F2N5O2/c1-12(2)21-28-20(31-29-21)5-3-4-19(30)25-14-7-9-17-18(11-14)27-22(26-17)15-10-13(23)6-8-16(15)24/h6-12H,3-5H2,1-2H3,(H,25,30)(H,26,27). The van der Waals surface area contributed by atoms with Crippen LogP contribution in [-0.4, -0.2) is 26.0 Å². The molecule has 0 spiro atoms. The fourth-order valence-electron chi connectivity index (χ4n) is 3.12. The molecular weight excluding hydrogens is 404 g/mol. The molecule has 160 valence electrons. The van der Waals surface area contributed by atoms with E-state index < -0.39 is 11.6 Å². The molecule has 0 unspecified atom stereocenters. The van der Waals surface area contributed by atoms with E-state index in [-0.39, 0.29) is 23.2 Å². The second-order valence-corrected chi connectivity index (χ2v) is 7.54. The zero-order valence-electron chi connectivity index (χ0n) is 17.1. The largest absolute Gasteiger partial charge is 0.339 e. The number of aromatic amines is 1. The highest BCUT2D eigenvalue weighted by atomic mass is 19.1. The van der Waals surface area contributed by atoms with Gasteiger partial charge in [0, 0.05) is 24.4 Å². The van der Waals surface area contributed by atoms with Crippen LogP contribution < -0.4 is 5.32 Å². The van der Waals surface area contributed by atoms with E-state index >= 15 is 0 Å². The average molecular weight is 425 g/mol. The first-order valence-electron chi connectivity index (χ1n) is 9.96. The van der Waals surface area contributed by atoms with Gasteiger partial charge in [-0.2, -0.15) is 4.98 Å². The monoisotopic (exact) mass is 425 g/mol. The van der Waals surface area contributed by atoms with Gasteiger partial charge < -0.3 is 14.8 Å². The highest BCUT2D eigenvalue weighted by Crippen LogP contribution is 2.25. The molecule has 0 fully saturated rings. The van der Waals surface area contributed by atoms with Gasteiger partial charge in [0.15, 0.2) is 5.82 Å². The summed E-state index contributed by atoms with van der Waals surface area (Å²) in [5.74, 6) is 0.310. The third-order valence-electron chi connectivity index (χ3n) is 4.74. The minimum Gasteiger partial charge on any atom is -0.339 e. The fourth-order valence-corrected chi connectivity index (χ4v) is 3.12. The fraction of sp³-hybridized carbons (Fsp3) is 0.273. The number of fused-ring (bicyclic) bond motifs is 1. The third-order valence-corrected chi connectivity index (χ3v) is 4.74. The van der Waals surface area contributed by atoms with E-state index in [0.717, 1.165) is 18.2 Å². The van der Waals surface area contributed by atoms with Crippen LogP contribution in [0.4, 0.5) is 14.5 Å². The Labute approximate surface area is 176 Å². The number of benzene rings is 2. The van der Waals surface area contributed by atoms with Crippen molar-refractivity contribution in [3.8, 4) is 11.4 Å². The number of carbonyl (C=O) groups excluding carboxylic acids is 1. The highest BCUT2D eigenvalue weighted by molar-refractivity contribution is 5.93. The number of carbonyl (C=O) groups is 1. The summed E-state index contributed by atoms with van der Waals surface area (Å²) in [5.41, 5.74) is 1.80. The van der Waals surface area contributed by atoms with E-state index in [1.54, 1.807) is 18.2 Å². The predicted octanol–water partition coefficient (Wildman–Crippen LogP) is 4.98. The smallest absolute Gasteiger partial charge is 0.226 e. The average Bonchev–Trinajstić information content (AvgIpc) is 3.36. The summed E-state index contributed by atoms with van der Waals surface area (Å²) in [6.45, 7) is 3.96. The van der Waals surface area contributed by atoms with Gasteiger partial charge >= 0.3 is 0 Å². The zero-order chi connectivity index (χ0) is 22.0. The number of aryl methyl sites for hydroxylation is 1. The number of nitrogens with zero attached hydrogens (tertiary/aromatic N) is 3. The van der Waals surface area contributed by atoms with Crippen LogP contribution in [0.1, 0.15) is 44.3 Å². The van der Waals surface area contributed by atoms with Gasteiger partial charge in [-0.15, -0.1) is 0 Å². The maximum atomic E-state index is 14.0. The second kappa shape index (κ2) is 8.63. The minimum atomic E-state index is -0.573. The van der Waals surface area contributed by atoms with Gasteiger partial charge in [-0.25, -0.2) is 13.8 Å². The molecule has 0 bridgehead atoms. The van der Waals surface area contributed by atoms with Crippen molar-refractivity contribution in [3.05, 3.63) is 59.7 Å². The number of imidazole rings is 1. The molecule has 0 aliphatic heterocycles. The van der Waals surface area contributed by atoms with E-state index in [4.69, 9.17) is 4.52 Å². The molecule has 0 radical (unpaired) electrons. The molecule has 4 aromatic rings. The number of H-pyrrole nitrogens is 1. The van der Waals surface area contributed by atoms with E-state index in [1.165, 1.54) is 0 Å². The topological polar surface area (TPSA) is 96.7 Å². The lowest BCUT2D eigenvalue weighted by Gasteiger charge is -2.04. The summed E-state index contributed by atoms with van der Waals surface area (Å²) in [6.07, 6.45) is 1.39. The van der Waals surface area contributed by atoms with Crippen molar-refractivity contribution in [1.29, 1.82) is 0 Å². The summed E-state index contributed by atoms with van der Waals surface area (Å²) in [6, 6.07) is 8.31. The molecule has 0 aliphatic carbocycles. The molecule has 7 nitrogen and oxygen atoms in total. The molecule has 1 amide bonds. The third kappa shape index (κ3) is 4.76. The van der Waals surface area contributed by atoms with E-state index in [0.29, 0.717) is 47.7 Å². The molecule has 2 aromatic carbocycles. The molecular formula is C22H21F2N5O2. The maximum Gasteiger partial charge on any atom is 0.226 e. The van der Waals surface area contributed by atoms with Gasteiger partial charge in [0.1, 0.15) is 17.5 Å². The van der Waals surface area contributed by atoms with Gasteiger partial charge in [0.25, 0.3) is 0 Å². The van der Waals surface area contributed by atoms with Crippen LogP contribution in [0, 0.1) is 11.6 Å². The Morgan fingerprint density at radius 2 is 2.00 bits per heavy atom. The van der Waals surface area contributed by atoms with Crippen molar-refractivity contribution in [1.82, 2.24) is 20.1 Å². The lowest BCUT2D eigenvalue weighted by Crippen LogP contribution is -2.11. The second-order valence-electron chi connectivity index (χ2n) is 7.54. The van der Waals surface area contributed by atoms with Gasteiger partial charge in [-0.1, -0.05) is 19.0 Å². The Bertz CT molecular complexity index is 1230. The summed E-state index contributed by atoms with van der Waals surface area (Å²) in [4.78, 5) is 23.8. The van der Waals surface area contributed by atoms with Crippen molar-refractivity contribution in [2.24, 2.45) is 0 Å². The number of halogens is 2. The van der Waals surface area contributed by atoms with Gasteiger partial charge in [0.05, 0.1) is 16.6 Å². The van der Waals surface area contributed by atoms with Crippen molar-refractivity contribution >= 4 is 22.6 Å².